The molecule has 3 rings (SSSR count). The van der Waals surface area contributed by atoms with E-state index in [-0.39, 0.29) is 18.5 Å². The number of nitrogens with zero attached hydrogens (tertiary/aromatic N) is 2. The topological polar surface area (TPSA) is 112 Å². The third-order valence-corrected chi connectivity index (χ3v) is 5.88. The largest absolute Gasteiger partial charge is 0.467 e. The summed E-state index contributed by atoms with van der Waals surface area (Å²) in [6.07, 6.45) is 7.69. The normalized spacial score (nSPS) is 20.3. The first-order valence-corrected chi connectivity index (χ1v) is 11.1. The number of carbonyl (C=O) groups is 3. The first-order chi connectivity index (χ1) is 14.6. The highest BCUT2D eigenvalue weighted by atomic mass is 16.6. The van der Waals surface area contributed by atoms with E-state index in [0.29, 0.717) is 12.8 Å². The predicted molar refractivity (Wildman–Crippen MR) is 113 cm³/mol. The maximum absolute atomic E-state index is 12.9. The number of rotatable bonds is 5. The molecule has 9 nitrogen and oxygen atoms in total. The van der Waals surface area contributed by atoms with Gasteiger partial charge in [-0.1, -0.05) is 19.3 Å². The summed E-state index contributed by atoms with van der Waals surface area (Å²) in [4.78, 5) is 37.7. The van der Waals surface area contributed by atoms with Gasteiger partial charge in [0, 0.05) is 0 Å². The number of methoxy groups -OCH3 is 1. The standard InChI is InChI=1S/C22H34N4O5/c1-21(2,3)31-20(29)24-16-10-8-9-15-13-23-26(18(15)16)14-17(27)25-22(19(28)30-4)11-6-5-7-12-22/h13,16H,5-12,14H2,1-4H3,(H,24,29)(H,25,27). The number of hydrogen-bond acceptors (Lipinski definition) is 6. The van der Waals surface area contributed by atoms with Gasteiger partial charge in [0.25, 0.3) is 0 Å². The molecule has 2 aliphatic rings. The Hall–Kier alpha value is -2.58. The Morgan fingerprint density at radius 3 is 2.55 bits per heavy atom. The zero-order chi connectivity index (χ0) is 22.6. The van der Waals surface area contributed by atoms with Crippen LogP contribution in [-0.2, 0) is 32.0 Å². The lowest BCUT2D eigenvalue weighted by atomic mass is 9.81. The van der Waals surface area contributed by atoms with E-state index < -0.39 is 23.2 Å². The first-order valence-electron chi connectivity index (χ1n) is 11.1. The molecule has 0 bridgehead atoms. The second-order valence-electron chi connectivity index (χ2n) is 9.49. The number of hydrogen-bond donors (Lipinski definition) is 2. The molecule has 1 fully saturated rings. The van der Waals surface area contributed by atoms with E-state index in [2.05, 4.69) is 15.7 Å². The quantitative estimate of drug-likeness (QED) is 0.690. The van der Waals surface area contributed by atoms with Crippen LogP contribution in [0, 0.1) is 0 Å². The Kier molecular flexibility index (Phi) is 6.91. The lowest BCUT2D eigenvalue weighted by molar-refractivity contribution is -0.152. The molecule has 1 atom stereocenters. The number of alkyl carbamates (subject to hydrolysis) is 1. The molecule has 2 amide bonds. The predicted octanol–water partition coefficient (Wildman–Crippen LogP) is 2.78. The van der Waals surface area contributed by atoms with Crippen LogP contribution < -0.4 is 10.6 Å². The minimum atomic E-state index is -0.967. The number of aromatic nitrogens is 2. The van der Waals surface area contributed by atoms with E-state index >= 15 is 0 Å². The minimum Gasteiger partial charge on any atom is -0.467 e. The van der Waals surface area contributed by atoms with Crippen molar-refractivity contribution in [1.82, 2.24) is 20.4 Å². The lowest BCUT2D eigenvalue weighted by Gasteiger charge is -2.35. The molecule has 1 saturated carbocycles. The fraction of sp³-hybridized carbons (Fsp3) is 0.727. The van der Waals surface area contributed by atoms with Crippen molar-refractivity contribution in [2.24, 2.45) is 0 Å². The van der Waals surface area contributed by atoms with Crippen LogP contribution in [0.2, 0.25) is 0 Å². The Balaban J connectivity index is 1.73. The van der Waals surface area contributed by atoms with Crippen molar-refractivity contribution in [3.05, 3.63) is 17.5 Å². The summed E-state index contributed by atoms with van der Waals surface area (Å²) >= 11 is 0. The fourth-order valence-electron chi connectivity index (χ4n) is 4.55. The summed E-state index contributed by atoms with van der Waals surface area (Å²) in [6.45, 7) is 5.42. The molecule has 1 heterocycles. The van der Waals surface area contributed by atoms with Crippen LogP contribution in [0.3, 0.4) is 0 Å². The molecule has 0 aliphatic heterocycles. The molecular formula is C22H34N4O5. The van der Waals surface area contributed by atoms with E-state index in [1.165, 1.54) is 7.11 Å². The van der Waals surface area contributed by atoms with Crippen LogP contribution >= 0.6 is 0 Å². The van der Waals surface area contributed by atoms with Crippen LogP contribution in [0.25, 0.3) is 0 Å². The molecule has 172 valence electrons. The van der Waals surface area contributed by atoms with Crippen molar-refractivity contribution in [2.45, 2.75) is 95.9 Å². The molecule has 9 heteroatoms. The SMILES string of the molecule is COC(=O)C1(NC(=O)Cn2ncc3c2C(NC(=O)OC(C)(C)C)CCC3)CCCCC1. The van der Waals surface area contributed by atoms with Crippen molar-refractivity contribution < 1.29 is 23.9 Å². The number of ether oxygens (including phenoxy) is 2. The fourth-order valence-corrected chi connectivity index (χ4v) is 4.55. The summed E-state index contributed by atoms with van der Waals surface area (Å²) in [5, 5.41) is 10.2. The van der Waals surface area contributed by atoms with Gasteiger partial charge in [0.15, 0.2) is 0 Å². The van der Waals surface area contributed by atoms with Gasteiger partial charge in [0.05, 0.1) is 25.0 Å². The third-order valence-electron chi connectivity index (χ3n) is 5.88. The highest BCUT2D eigenvalue weighted by molar-refractivity contribution is 5.88. The van der Waals surface area contributed by atoms with Crippen molar-refractivity contribution in [2.75, 3.05) is 7.11 Å². The monoisotopic (exact) mass is 434 g/mol. The summed E-state index contributed by atoms with van der Waals surface area (Å²) in [6, 6.07) is -0.279. The molecule has 1 unspecified atom stereocenters. The Morgan fingerprint density at radius 1 is 1.19 bits per heavy atom. The number of nitrogens with one attached hydrogen (secondary N) is 2. The van der Waals surface area contributed by atoms with E-state index in [1.54, 1.807) is 10.9 Å². The van der Waals surface area contributed by atoms with Crippen molar-refractivity contribution in [1.29, 1.82) is 0 Å². The molecule has 2 aliphatic carbocycles. The second-order valence-corrected chi connectivity index (χ2v) is 9.49. The van der Waals surface area contributed by atoms with Gasteiger partial charge in [-0.3, -0.25) is 9.48 Å². The summed E-state index contributed by atoms with van der Waals surface area (Å²) in [5.74, 6) is -0.688. The molecule has 0 saturated heterocycles. The average molecular weight is 435 g/mol. The number of carbonyl (C=O) groups excluding carboxylic acids is 3. The van der Waals surface area contributed by atoms with Gasteiger partial charge in [-0.2, -0.15) is 5.10 Å². The molecule has 2 N–H and O–H groups in total. The van der Waals surface area contributed by atoms with Crippen LogP contribution in [0.5, 0.6) is 0 Å². The van der Waals surface area contributed by atoms with E-state index in [4.69, 9.17) is 9.47 Å². The second kappa shape index (κ2) is 9.28. The smallest absolute Gasteiger partial charge is 0.408 e. The molecule has 0 radical (unpaired) electrons. The van der Waals surface area contributed by atoms with Gasteiger partial charge in [-0.05, 0) is 58.4 Å². The Labute approximate surface area is 183 Å². The molecule has 1 aromatic heterocycles. The van der Waals surface area contributed by atoms with Crippen molar-refractivity contribution in [3.63, 3.8) is 0 Å². The number of fused-ring (bicyclic) bond motifs is 1. The molecule has 0 aromatic carbocycles. The Morgan fingerprint density at radius 2 is 1.90 bits per heavy atom. The van der Waals surface area contributed by atoms with Gasteiger partial charge < -0.3 is 20.1 Å². The van der Waals surface area contributed by atoms with E-state index in [9.17, 15) is 14.4 Å². The van der Waals surface area contributed by atoms with Crippen molar-refractivity contribution in [3.8, 4) is 0 Å². The van der Waals surface area contributed by atoms with Crippen molar-refractivity contribution >= 4 is 18.0 Å². The first kappa shape index (κ1) is 23.1. The van der Waals surface area contributed by atoms with Gasteiger partial charge in [0.2, 0.25) is 5.91 Å². The molecule has 0 spiro atoms. The van der Waals surface area contributed by atoms with E-state index in [1.807, 2.05) is 20.8 Å². The molecular weight excluding hydrogens is 400 g/mol. The van der Waals surface area contributed by atoms with Gasteiger partial charge in [-0.25, -0.2) is 9.59 Å². The van der Waals surface area contributed by atoms with Gasteiger partial charge in [-0.15, -0.1) is 0 Å². The third kappa shape index (κ3) is 5.57. The summed E-state index contributed by atoms with van der Waals surface area (Å²) in [5.41, 5.74) is 0.276. The molecule has 31 heavy (non-hydrogen) atoms. The van der Waals surface area contributed by atoms with Gasteiger partial charge >= 0.3 is 12.1 Å². The number of amides is 2. The maximum Gasteiger partial charge on any atom is 0.408 e. The van der Waals surface area contributed by atoms with E-state index in [0.717, 1.165) is 49.8 Å². The Bertz CT molecular complexity index is 820. The van der Waals surface area contributed by atoms with Crippen LogP contribution in [0.4, 0.5) is 4.79 Å². The zero-order valence-electron chi connectivity index (χ0n) is 19.0. The maximum atomic E-state index is 12.9. The van der Waals surface area contributed by atoms with Crippen LogP contribution in [0.15, 0.2) is 6.20 Å². The highest BCUT2D eigenvalue weighted by Gasteiger charge is 2.42. The average Bonchev–Trinajstić information content (AvgIpc) is 3.10. The van der Waals surface area contributed by atoms with Crippen LogP contribution in [0.1, 0.15) is 83.0 Å². The zero-order valence-corrected chi connectivity index (χ0v) is 19.0. The number of aryl methyl sites for hydroxylation is 1. The minimum absolute atomic E-state index is 0.0272. The van der Waals surface area contributed by atoms with Crippen LogP contribution in [-0.4, -0.2) is 46.0 Å². The molecule has 1 aromatic rings. The highest BCUT2D eigenvalue weighted by Crippen LogP contribution is 2.31. The van der Waals surface area contributed by atoms with Gasteiger partial charge in [0.1, 0.15) is 17.7 Å². The lowest BCUT2D eigenvalue weighted by Crippen LogP contribution is -2.56. The summed E-state index contributed by atoms with van der Waals surface area (Å²) in [7, 11) is 1.35. The number of esters is 1. The summed E-state index contributed by atoms with van der Waals surface area (Å²) < 4.78 is 12.0.